The van der Waals surface area contributed by atoms with Gasteiger partial charge in [-0.15, -0.1) is 0 Å². The Hall–Kier alpha value is -0.550. The van der Waals surface area contributed by atoms with Crippen molar-refractivity contribution in [1.29, 1.82) is 5.26 Å². The molecule has 0 aromatic rings. The van der Waals surface area contributed by atoms with Crippen LogP contribution in [0.15, 0.2) is 0 Å². The second-order valence-electron chi connectivity index (χ2n) is 4.69. The largest absolute Gasteiger partial charge is 0.298 e. The fourth-order valence-electron chi connectivity index (χ4n) is 2.39. The predicted molar refractivity (Wildman–Crippen MR) is 54.3 cm³/mol. The summed E-state index contributed by atoms with van der Waals surface area (Å²) in [6, 6.07) is 2.28. The number of rotatable bonds is 3. The smallest absolute Gasteiger partial charge is 0.0625 e. The third-order valence-corrected chi connectivity index (χ3v) is 3.00. The molecule has 74 valence electrons. The first-order chi connectivity index (χ1) is 6.10. The van der Waals surface area contributed by atoms with E-state index in [0.29, 0.717) is 11.5 Å². The average Bonchev–Trinajstić information content (AvgIpc) is 2.28. The highest BCUT2D eigenvalue weighted by Gasteiger charge is 2.37. The maximum absolute atomic E-state index is 8.64. The lowest BCUT2D eigenvalue weighted by molar-refractivity contribution is 0.175. The normalized spacial score (nSPS) is 27.4. The van der Waals surface area contributed by atoms with E-state index in [1.807, 2.05) is 0 Å². The third-order valence-electron chi connectivity index (χ3n) is 3.00. The van der Waals surface area contributed by atoms with Crippen molar-refractivity contribution in [3.63, 3.8) is 0 Å². The van der Waals surface area contributed by atoms with E-state index >= 15 is 0 Å². The number of nitriles is 1. The standard InChI is InChI=1S/C11H20N2/c1-4-7-13-9-10(5-6-12)8-11(13,2)3/h10H,4-5,7-9H2,1-3H3. The number of hydrogen-bond acceptors (Lipinski definition) is 2. The maximum Gasteiger partial charge on any atom is 0.0625 e. The lowest BCUT2D eigenvalue weighted by Crippen LogP contribution is -2.38. The van der Waals surface area contributed by atoms with Gasteiger partial charge in [-0.2, -0.15) is 5.26 Å². The highest BCUT2D eigenvalue weighted by Crippen LogP contribution is 2.33. The minimum atomic E-state index is 0.317. The minimum Gasteiger partial charge on any atom is -0.298 e. The van der Waals surface area contributed by atoms with E-state index in [1.165, 1.54) is 19.4 Å². The average molecular weight is 180 g/mol. The Balaban J connectivity index is 2.53. The van der Waals surface area contributed by atoms with Gasteiger partial charge in [-0.05, 0) is 39.2 Å². The molecule has 1 saturated heterocycles. The number of likely N-dealkylation sites (tertiary alicyclic amines) is 1. The fourth-order valence-corrected chi connectivity index (χ4v) is 2.39. The molecule has 0 spiro atoms. The van der Waals surface area contributed by atoms with Crippen LogP contribution in [-0.4, -0.2) is 23.5 Å². The third kappa shape index (κ3) is 2.45. The Morgan fingerprint density at radius 1 is 1.54 bits per heavy atom. The maximum atomic E-state index is 8.64. The molecule has 0 aromatic heterocycles. The first-order valence-corrected chi connectivity index (χ1v) is 5.22. The number of hydrogen-bond donors (Lipinski definition) is 0. The molecule has 13 heavy (non-hydrogen) atoms. The molecule has 1 atom stereocenters. The van der Waals surface area contributed by atoms with Gasteiger partial charge in [-0.3, -0.25) is 4.90 Å². The van der Waals surface area contributed by atoms with Crippen molar-refractivity contribution in [2.75, 3.05) is 13.1 Å². The molecule has 1 rings (SSSR count). The molecule has 0 radical (unpaired) electrons. The summed E-state index contributed by atoms with van der Waals surface area (Å²) in [6.45, 7) is 9.09. The Bertz CT molecular complexity index is 203. The second kappa shape index (κ2) is 4.11. The van der Waals surface area contributed by atoms with Crippen LogP contribution in [0, 0.1) is 17.2 Å². The molecule has 2 heteroatoms. The summed E-state index contributed by atoms with van der Waals surface area (Å²) in [5.74, 6) is 0.603. The van der Waals surface area contributed by atoms with Crippen LogP contribution in [-0.2, 0) is 0 Å². The first-order valence-electron chi connectivity index (χ1n) is 5.22. The van der Waals surface area contributed by atoms with Crippen molar-refractivity contribution in [3.05, 3.63) is 0 Å². The Labute approximate surface area is 81.5 Å². The quantitative estimate of drug-likeness (QED) is 0.667. The molecule has 1 fully saturated rings. The second-order valence-corrected chi connectivity index (χ2v) is 4.69. The molecule has 0 amide bonds. The van der Waals surface area contributed by atoms with Gasteiger partial charge in [0.25, 0.3) is 0 Å². The first kappa shape index (κ1) is 10.5. The molecule has 0 N–H and O–H groups in total. The lowest BCUT2D eigenvalue weighted by atomic mass is 9.95. The van der Waals surface area contributed by atoms with Crippen LogP contribution in [0.1, 0.15) is 40.0 Å². The Morgan fingerprint density at radius 2 is 2.23 bits per heavy atom. The van der Waals surface area contributed by atoms with E-state index in [2.05, 4.69) is 31.7 Å². The van der Waals surface area contributed by atoms with Crippen LogP contribution < -0.4 is 0 Å². The van der Waals surface area contributed by atoms with E-state index in [0.717, 1.165) is 13.0 Å². The molecule has 2 nitrogen and oxygen atoms in total. The monoisotopic (exact) mass is 180 g/mol. The van der Waals surface area contributed by atoms with E-state index in [9.17, 15) is 0 Å². The molecule has 0 saturated carbocycles. The zero-order chi connectivity index (χ0) is 9.90. The molecule has 1 aliphatic rings. The van der Waals surface area contributed by atoms with E-state index < -0.39 is 0 Å². The van der Waals surface area contributed by atoms with Gasteiger partial charge in [0.05, 0.1) is 6.07 Å². The SMILES string of the molecule is CCCN1CC(CC#N)CC1(C)C. The molecule has 1 heterocycles. The van der Waals surface area contributed by atoms with Gasteiger partial charge in [0.15, 0.2) is 0 Å². The molecular formula is C11H20N2. The Morgan fingerprint density at radius 3 is 2.77 bits per heavy atom. The summed E-state index contributed by atoms with van der Waals surface area (Å²) in [6.07, 6.45) is 3.12. The summed E-state index contributed by atoms with van der Waals surface area (Å²) in [7, 11) is 0. The zero-order valence-electron chi connectivity index (χ0n) is 9.01. The molecule has 0 bridgehead atoms. The highest BCUT2D eigenvalue weighted by atomic mass is 15.2. The van der Waals surface area contributed by atoms with Gasteiger partial charge in [-0.25, -0.2) is 0 Å². The summed E-state index contributed by atoms with van der Waals surface area (Å²) in [5.41, 5.74) is 0.317. The molecule has 1 aliphatic heterocycles. The summed E-state index contributed by atoms with van der Waals surface area (Å²) >= 11 is 0. The summed E-state index contributed by atoms with van der Waals surface area (Å²) in [4.78, 5) is 2.52. The van der Waals surface area contributed by atoms with E-state index in [-0.39, 0.29) is 0 Å². The van der Waals surface area contributed by atoms with Crippen LogP contribution in [0.2, 0.25) is 0 Å². The van der Waals surface area contributed by atoms with Crippen molar-refractivity contribution in [3.8, 4) is 6.07 Å². The van der Waals surface area contributed by atoms with Crippen molar-refractivity contribution in [1.82, 2.24) is 4.90 Å². The van der Waals surface area contributed by atoms with Crippen LogP contribution in [0.25, 0.3) is 0 Å². The Kier molecular flexibility index (Phi) is 3.33. The van der Waals surface area contributed by atoms with E-state index in [1.54, 1.807) is 0 Å². The summed E-state index contributed by atoms with van der Waals surface area (Å²) < 4.78 is 0. The van der Waals surface area contributed by atoms with Crippen LogP contribution in [0.3, 0.4) is 0 Å². The molecule has 0 aliphatic carbocycles. The van der Waals surface area contributed by atoms with Crippen molar-refractivity contribution in [2.24, 2.45) is 5.92 Å². The van der Waals surface area contributed by atoms with Crippen LogP contribution in [0.5, 0.6) is 0 Å². The van der Waals surface area contributed by atoms with Gasteiger partial charge in [0.2, 0.25) is 0 Å². The summed E-state index contributed by atoms with van der Waals surface area (Å²) in [5, 5.41) is 8.64. The van der Waals surface area contributed by atoms with Gasteiger partial charge in [-0.1, -0.05) is 6.92 Å². The predicted octanol–water partition coefficient (Wildman–Crippen LogP) is 2.41. The molecule has 0 aromatic carbocycles. The van der Waals surface area contributed by atoms with Crippen molar-refractivity contribution >= 4 is 0 Å². The van der Waals surface area contributed by atoms with Crippen LogP contribution >= 0.6 is 0 Å². The van der Waals surface area contributed by atoms with Crippen molar-refractivity contribution < 1.29 is 0 Å². The molecular weight excluding hydrogens is 160 g/mol. The van der Waals surface area contributed by atoms with Crippen LogP contribution in [0.4, 0.5) is 0 Å². The van der Waals surface area contributed by atoms with Gasteiger partial charge >= 0.3 is 0 Å². The van der Waals surface area contributed by atoms with Crippen molar-refractivity contribution in [2.45, 2.75) is 45.6 Å². The molecule has 1 unspecified atom stereocenters. The lowest BCUT2D eigenvalue weighted by Gasteiger charge is -2.30. The van der Waals surface area contributed by atoms with Gasteiger partial charge in [0.1, 0.15) is 0 Å². The van der Waals surface area contributed by atoms with Gasteiger partial charge < -0.3 is 0 Å². The number of nitrogens with zero attached hydrogens (tertiary/aromatic N) is 2. The van der Waals surface area contributed by atoms with E-state index in [4.69, 9.17) is 5.26 Å². The van der Waals surface area contributed by atoms with Gasteiger partial charge in [0, 0.05) is 18.5 Å². The highest BCUT2D eigenvalue weighted by molar-refractivity contribution is 4.95. The fraction of sp³-hybridized carbons (Fsp3) is 0.909. The minimum absolute atomic E-state index is 0.317. The zero-order valence-corrected chi connectivity index (χ0v) is 9.01. The topological polar surface area (TPSA) is 27.0 Å².